The van der Waals surface area contributed by atoms with Gasteiger partial charge >= 0.3 is 6.03 Å². The molecule has 32 heavy (non-hydrogen) atoms. The molecule has 3 aromatic rings. The van der Waals surface area contributed by atoms with Crippen LogP contribution >= 0.6 is 0 Å². The molecule has 0 aliphatic carbocycles. The second-order valence-corrected chi connectivity index (χ2v) is 7.61. The summed E-state index contributed by atoms with van der Waals surface area (Å²) in [5.74, 6) is 1.31. The molecule has 1 aliphatic heterocycles. The molecule has 3 N–H and O–H groups in total. The highest BCUT2D eigenvalue weighted by Crippen LogP contribution is 2.24. The summed E-state index contributed by atoms with van der Waals surface area (Å²) in [6.45, 7) is 0.192. The molecule has 4 rings (SSSR count). The van der Waals surface area contributed by atoms with Crippen molar-refractivity contribution in [2.24, 2.45) is 0 Å². The Bertz CT molecular complexity index is 1010. The highest BCUT2D eigenvalue weighted by atomic mass is 16.5. The maximum absolute atomic E-state index is 12.2. The zero-order valence-corrected chi connectivity index (χ0v) is 17.7. The highest BCUT2D eigenvalue weighted by Gasteiger charge is 2.31. The first-order valence-electron chi connectivity index (χ1n) is 10.5. The predicted molar refractivity (Wildman–Crippen MR) is 117 cm³/mol. The Morgan fingerprint density at radius 3 is 2.81 bits per heavy atom. The maximum Gasteiger partial charge on any atom is 0.319 e. The summed E-state index contributed by atoms with van der Waals surface area (Å²) in [5, 5.41) is 19.9. The number of urea groups is 1. The summed E-state index contributed by atoms with van der Waals surface area (Å²) >= 11 is 0. The molecule has 9 nitrogen and oxygen atoms in total. The number of benzene rings is 1. The Kier molecular flexibility index (Phi) is 6.98. The molecule has 3 unspecified atom stereocenters. The number of nitrogens with one attached hydrogen (secondary N) is 2. The molecule has 0 bridgehead atoms. The number of ether oxygens (including phenoxy) is 2. The van der Waals surface area contributed by atoms with Crippen molar-refractivity contribution < 1.29 is 23.9 Å². The summed E-state index contributed by atoms with van der Waals surface area (Å²) in [4.78, 5) is 16.5. The number of hydrogen-bond acceptors (Lipinski definition) is 7. The maximum atomic E-state index is 12.2. The first-order chi connectivity index (χ1) is 15.6. The molecular formula is C23H26N4O5. The number of nitrogens with zero attached hydrogens (tertiary/aromatic N) is 2. The van der Waals surface area contributed by atoms with Gasteiger partial charge < -0.3 is 29.7 Å². The van der Waals surface area contributed by atoms with Crippen molar-refractivity contribution >= 4 is 11.7 Å². The summed E-state index contributed by atoms with van der Waals surface area (Å²) in [7, 11) is 1.58. The fourth-order valence-electron chi connectivity index (χ4n) is 3.60. The van der Waals surface area contributed by atoms with Crippen LogP contribution in [0.5, 0.6) is 5.75 Å². The van der Waals surface area contributed by atoms with Crippen molar-refractivity contribution in [1.29, 1.82) is 0 Å². The SMILES string of the molecule is COc1ccc(NC(=O)NCC2OC(Cc3cc(-c4ccccn4)on3)CCC2O)cc1. The normalized spacial score (nSPS) is 20.5. The molecule has 9 heteroatoms. The van der Waals surface area contributed by atoms with Gasteiger partial charge in [-0.25, -0.2) is 4.79 Å². The molecular weight excluding hydrogens is 412 g/mol. The van der Waals surface area contributed by atoms with Crippen molar-refractivity contribution in [1.82, 2.24) is 15.5 Å². The fraction of sp³-hybridized carbons (Fsp3) is 0.348. The molecule has 3 atom stereocenters. The van der Waals surface area contributed by atoms with Crippen LogP contribution in [0.1, 0.15) is 18.5 Å². The lowest BCUT2D eigenvalue weighted by molar-refractivity contribution is -0.113. The first-order valence-corrected chi connectivity index (χ1v) is 10.5. The Labute approximate surface area is 185 Å². The minimum atomic E-state index is -0.645. The predicted octanol–water partition coefficient (Wildman–Crippen LogP) is 3.02. The second-order valence-electron chi connectivity index (χ2n) is 7.61. The molecule has 3 heterocycles. The van der Waals surface area contributed by atoms with E-state index in [1.165, 1.54) is 0 Å². The molecule has 0 saturated carbocycles. The molecule has 168 valence electrons. The van der Waals surface area contributed by atoms with Gasteiger partial charge in [0.1, 0.15) is 17.5 Å². The number of aliphatic hydroxyl groups is 1. The van der Waals surface area contributed by atoms with Crippen molar-refractivity contribution in [3.8, 4) is 17.2 Å². The van der Waals surface area contributed by atoms with E-state index in [0.717, 1.165) is 11.4 Å². The van der Waals surface area contributed by atoms with Crippen molar-refractivity contribution in [2.45, 2.75) is 37.6 Å². The topological polar surface area (TPSA) is 119 Å². The van der Waals surface area contributed by atoms with Gasteiger partial charge in [-0.3, -0.25) is 4.98 Å². The largest absolute Gasteiger partial charge is 0.497 e. The van der Waals surface area contributed by atoms with Gasteiger partial charge in [0.2, 0.25) is 0 Å². The second kappa shape index (κ2) is 10.3. The number of amides is 2. The molecule has 2 aromatic heterocycles. The lowest BCUT2D eigenvalue weighted by atomic mass is 9.98. The zero-order chi connectivity index (χ0) is 22.3. The van der Waals surface area contributed by atoms with E-state index in [4.69, 9.17) is 14.0 Å². The van der Waals surface area contributed by atoms with Gasteiger partial charge in [-0.2, -0.15) is 0 Å². The number of anilines is 1. The van der Waals surface area contributed by atoms with Crippen LogP contribution in [0, 0.1) is 0 Å². The number of pyridine rings is 1. The van der Waals surface area contributed by atoms with Crippen LogP contribution in [0.15, 0.2) is 59.3 Å². The molecule has 0 spiro atoms. The average molecular weight is 438 g/mol. The monoisotopic (exact) mass is 438 g/mol. The Morgan fingerprint density at radius 1 is 1.22 bits per heavy atom. The van der Waals surface area contributed by atoms with Gasteiger partial charge in [-0.1, -0.05) is 11.2 Å². The number of aliphatic hydroxyl groups excluding tert-OH is 1. The standard InChI is InChI=1S/C23H26N4O5/c1-30-17-7-5-15(6-8-17)26-23(29)25-14-22-20(28)10-9-18(31-22)12-16-13-21(32-27-16)19-4-2-3-11-24-19/h2-8,11,13,18,20,22,28H,9-10,12,14H2,1H3,(H2,25,26,29). The summed E-state index contributed by atoms with van der Waals surface area (Å²) < 4.78 is 16.5. The molecule has 0 radical (unpaired) electrons. The van der Waals surface area contributed by atoms with Gasteiger partial charge in [0.25, 0.3) is 0 Å². The van der Waals surface area contributed by atoms with Crippen LogP contribution in [0.4, 0.5) is 10.5 Å². The van der Waals surface area contributed by atoms with E-state index < -0.39 is 12.2 Å². The van der Waals surface area contributed by atoms with Crippen molar-refractivity contribution in [2.75, 3.05) is 19.0 Å². The summed E-state index contributed by atoms with van der Waals surface area (Å²) in [6, 6.07) is 14.1. The van der Waals surface area contributed by atoms with Crippen molar-refractivity contribution in [3.63, 3.8) is 0 Å². The smallest absolute Gasteiger partial charge is 0.319 e. The van der Waals surface area contributed by atoms with E-state index in [1.807, 2.05) is 24.3 Å². The van der Waals surface area contributed by atoms with E-state index in [-0.39, 0.29) is 18.7 Å². The fourth-order valence-corrected chi connectivity index (χ4v) is 3.60. The Balaban J connectivity index is 1.27. The zero-order valence-electron chi connectivity index (χ0n) is 17.7. The van der Waals surface area contributed by atoms with Crippen LogP contribution in [-0.2, 0) is 11.2 Å². The highest BCUT2D eigenvalue weighted by molar-refractivity contribution is 5.89. The minimum Gasteiger partial charge on any atom is -0.497 e. The molecule has 1 saturated heterocycles. The number of methoxy groups -OCH3 is 1. The third-order valence-electron chi connectivity index (χ3n) is 5.31. The molecule has 2 amide bonds. The molecule has 1 fully saturated rings. The van der Waals surface area contributed by atoms with E-state index in [0.29, 0.717) is 36.5 Å². The van der Waals surface area contributed by atoms with E-state index in [1.54, 1.807) is 37.6 Å². The molecule has 1 aliphatic rings. The van der Waals surface area contributed by atoms with E-state index in [9.17, 15) is 9.90 Å². The number of rotatable bonds is 7. The van der Waals surface area contributed by atoms with Crippen LogP contribution in [-0.4, -0.2) is 53.2 Å². The quantitative estimate of drug-likeness (QED) is 0.519. The number of carbonyl (C=O) groups is 1. The van der Waals surface area contributed by atoms with Crippen LogP contribution in [0.2, 0.25) is 0 Å². The van der Waals surface area contributed by atoms with Crippen LogP contribution in [0.25, 0.3) is 11.5 Å². The van der Waals surface area contributed by atoms with Gasteiger partial charge in [0.15, 0.2) is 5.76 Å². The average Bonchev–Trinajstić information content (AvgIpc) is 3.29. The molecule has 1 aromatic carbocycles. The van der Waals surface area contributed by atoms with E-state index in [2.05, 4.69) is 20.8 Å². The summed E-state index contributed by atoms with van der Waals surface area (Å²) in [5.41, 5.74) is 2.12. The number of hydrogen-bond donors (Lipinski definition) is 3. The minimum absolute atomic E-state index is 0.128. The van der Waals surface area contributed by atoms with Crippen molar-refractivity contribution in [3.05, 3.63) is 60.4 Å². The van der Waals surface area contributed by atoms with Crippen LogP contribution in [0.3, 0.4) is 0 Å². The Hall–Kier alpha value is -3.43. The van der Waals surface area contributed by atoms with Crippen LogP contribution < -0.4 is 15.4 Å². The number of carbonyl (C=O) groups excluding carboxylic acids is 1. The van der Waals surface area contributed by atoms with E-state index >= 15 is 0 Å². The van der Waals surface area contributed by atoms with Gasteiger partial charge in [0, 0.05) is 30.9 Å². The van der Waals surface area contributed by atoms with Gasteiger partial charge in [-0.15, -0.1) is 0 Å². The van der Waals surface area contributed by atoms with Gasteiger partial charge in [0.05, 0.1) is 25.0 Å². The third-order valence-corrected chi connectivity index (χ3v) is 5.31. The number of aromatic nitrogens is 2. The first kappa shape index (κ1) is 21.8. The Morgan fingerprint density at radius 2 is 2.06 bits per heavy atom. The third kappa shape index (κ3) is 5.63. The summed E-state index contributed by atoms with van der Waals surface area (Å²) in [6.07, 6.45) is 2.26. The lowest BCUT2D eigenvalue weighted by Gasteiger charge is -2.33. The van der Waals surface area contributed by atoms with Gasteiger partial charge in [-0.05, 0) is 49.2 Å². The lowest BCUT2D eigenvalue weighted by Crippen LogP contribution is -2.47.